The van der Waals surface area contributed by atoms with Crippen LogP contribution in [0.2, 0.25) is 0 Å². The van der Waals surface area contributed by atoms with Gasteiger partial charge < -0.3 is 5.21 Å². The third-order valence-electron chi connectivity index (χ3n) is 6.09. The van der Waals surface area contributed by atoms with Crippen LogP contribution < -0.4 is 37.7 Å². The van der Waals surface area contributed by atoms with Crippen molar-refractivity contribution in [2.24, 2.45) is 5.90 Å². The predicted octanol–water partition coefficient (Wildman–Crippen LogP) is 8.02. The second-order valence-corrected chi connectivity index (χ2v) is 15.7. The van der Waals surface area contributed by atoms with E-state index >= 15 is 0 Å². The SMILES string of the molecule is Cl.NO.[Cl][Rh][Cl].c1ccc(P(c2ccccc2)c2ccccc2)cc1.c1ccc(P(c2ccccc2)c2ccccc2)cc1. The van der Waals surface area contributed by atoms with Gasteiger partial charge in [-0.1, -0.05) is 182 Å². The van der Waals surface area contributed by atoms with Crippen molar-refractivity contribution in [2.75, 3.05) is 0 Å². The Morgan fingerprint density at radius 3 is 0.568 bits per heavy atom. The van der Waals surface area contributed by atoms with E-state index in [1.165, 1.54) is 31.8 Å². The van der Waals surface area contributed by atoms with Gasteiger partial charge in [-0.3, -0.25) is 0 Å². The fraction of sp³-hybridized carbons (Fsp3) is 0. The smallest absolute Gasteiger partial charge is 0.0134 e. The van der Waals surface area contributed by atoms with Crippen molar-refractivity contribution in [3.8, 4) is 0 Å². The van der Waals surface area contributed by atoms with Crippen LogP contribution in [0.1, 0.15) is 0 Å². The molecule has 0 atom stereocenters. The molecule has 0 aliphatic rings. The minimum Gasteiger partial charge on any atom is -0.0622 e. The Morgan fingerprint density at radius 2 is 0.455 bits per heavy atom. The summed E-state index contributed by atoms with van der Waals surface area (Å²) < 4.78 is 0. The van der Waals surface area contributed by atoms with Gasteiger partial charge in [-0.2, -0.15) is 0 Å². The van der Waals surface area contributed by atoms with Crippen molar-refractivity contribution in [3.63, 3.8) is 0 Å². The molecule has 0 spiro atoms. The van der Waals surface area contributed by atoms with E-state index in [2.05, 4.69) is 188 Å². The minimum absolute atomic E-state index is 0. The maximum atomic E-state index is 6.50. The second-order valence-electron chi connectivity index (χ2n) is 8.73. The van der Waals surface area contributed by atoms with Crippen LogP contribution in [0, 0.1) is 0 Å². The fourth-order valence-electron chi connectivity index (χ4n) is 4.36. The van der Waals surface area contributed by atoms with Gasteiger partial charge in [0.1, 0.15) is 0 Å². The van der Waals surface area contributed by atoms with Crippen LogP contribution >= 0.6 is 47.6 Å². The molecule has 6 aromatic carbocycles. The van der Waals surface area contributed by atoms with Crippen LogP contribution in [0.25, 0.3) is 0 Å². The predicted molar refractivity (Wildman–Crippen MR) is 195 cm³/mol. The molecule has 0 aromatic heterocycles. The topological polar surface area (TPSA) is 46.2 Å². The monoisotopic (exact) mass is 766 g/mol. The van der Waals surface area contributed by atoms with Crippen molar-refractivity contribution in [2.45, 2.75) is 0 Å². The normalized spacial score (nSPS) is 9.77. The van der Waals surface area contributed by atoms with Crippen LogP contribution in [0.15, 0.2) is 182 Å². The Balaban J connectivity index is 0.000000263. The van der Waals surface area contributed by atoms with Crippen molar-refractivity contribution < 1.29 is 20.4 Å². The largest absolute Gasteiger partial charge is 0.0622 e. The Hall–Kier alpha value is -2.41. The molecule has 0 bridgehead atoms. The minimum atomic E-state index is -0.446. The molecule has 0 aliphatic heterocycles. The summed E-state index contributed by atoms with van der Waals surface area (Å²) in [4.78, 5) is 0. The molecule has 44 heavy (non-hydrogen) atoms. The molecule has 0 saturated carbocycles. The van der Waals surface area contributed by atoms with E-state index in [0.29, 0.717) is 0 Å². The van der Waals surface area contributed by atoms with Gasteiger partial charge in [0.05, 0.1) is 0 Å². The van der Waals surface area contributed by atoms with E-state index in [4.69, 9.17) is 24.6 Å². The third-order valence-corrected chi connectivity index (χ3v) is 11.0. The summed E-state index contributed by atoms with van der Waals surface area (Å²) in [6, 6.07) is 64.7. The molecule has 0 unspecified atom stereocenters. The standard InChI is InChI=1S/2C18H15P.3ClH.H3NO.Rh/c2*1-4-10-16(11-5-1)19(17-12-6-2-7-13-17)18-14-8-3-9-15-18;;;;1-2;/h2*1-15H;3*1H;2H,1H2;/q;;;;;;+2/p-2. The summed E-state index contributed by atoms with van der Waals surface area (Å²) in [6.45, 7) is 0. The van der Waals surface area contributed by atoms with Gasteiger partial charge in [0.15, 0.2) is 0 Å². The second kappa shape index (κ2) is 23.0. The van der Waals surface area contributed by atoms with Crippen LogP contribution in [0.4, 0.5) is 0 Å². The van der Waals surface area contributed by atoms with E-state index < -0.39 is 15.8 Å². The molecule has 8 heteroatoms. The average molecular weight is 768 g/mol. The Bertz CT molecular complexity index is 1220. The van der Waals surface area contributed by atoms with Crippen LogP contribution in [0.3, 0.4) is 0 Å². The van der Waals surface area contributed by atoms with Gasteiger partial charge in [-0.25, -0.2) is 5.90 Å². The zero-order chi connectivity index (χ0) is 30.5. The summed E-state index contributed by atoms with van der Waals surface area (Å²) >= 11 is -0.226. The molecular weight excluding hydrogens is 734 g/mol. The zero-order valence-electron chi connectivity index (χ0n) is 23.7. The third kappa shape index (κ3) is 12.2. The maximum Gasteiger partial charge on any atom is -0.0134 e. The molecule has 0 amide bonds. The number of benzene rings is 6. The Kier molecular flexibility index (Phi) is 19.8. The van der Waals surface area contributed by atoms with E-state index in [0.717, 1.165) is 0 Å². The molecule has 0 radical (unpaired) electrons. The molecular formula is C36H34Cl3NOP2Rh. The van der Waals surface area contributed by atoms with E-state index in [-0.39, 0.29) is 27.6 Å². The number of halogens is 3. The van der Waals surface area contributed by atoms with Gasteiger partial charge in [0.2, 0.25) is 0 Å². The van der Waals surface area contributed by atoms with Gasteiger partial charge in [-0.05, 0) is 47.7 Å². The number of hydrogen-bond acceptors (Lipinski definition) is 2. The van der Waals surface area contributed by atoms with E-state index in [1.54, 1.807) is 0 Å². The molecule has 2 nitrogen and oxygen atoms in total. The van der Waals surface area contributed by atoms with Gasteiger partial charge in [0, 0.05) is 0 Å². The molecule has 6 rings (SSSR count). The van der Waals surface area contributed by atoms with Crippen LogP contribution in [-0.2, 0) is 15.1 Å². The number of nitrogens with two attached hydrogens (primary N) is 1. The summed E-state index contributed by atoms with van der Waals surface area (Å²) in [5.74, 6) is 3.50. The first-order valence-corrected chi connectivity index (χ1v) is 20.2. The maximum absolute atomic E-state index is 6.50. The first kappa shape index (κ1) is 37.8. The van der Waals surface area contributed by atoms with Gasteiger partial charge >= 0.3 is 34.5 Å². The summed E-state index contributed by atoms with van der Waals surface area (Å²) in [5.41, 5.74) is 0. The fourth-order valence-corrected chi connectivity index (χ4v) is 8.97. The Morgan fingerprint density at radius 1 is 0.341 bits per heavy atom. The van der Waals surface area contributed by atoms with Gasteiger partial charge in [0.25, 0.3) is 0 Å². The number of hydrogen-bond donors (Lipinski definition) is 2. The Labute approximate surface area is 285 Å². The van der Waals surface area contributed by atoms with E-state index in [9.17, 15) is 0 Å². The summed E-state index contributed by atoms with van der Waals surface area (Å²) in [5, 5.41) is 14.9. The molecule has 3 N–H and O–H groups in total. The molecule has 6 aromatic rings. The van der Waals surface area contributed by atoms with Crippen molar-refractivity contribution in [1.82, 2.24) is 0 Å². The summed E-state index contributed by atoms with van der Waals surface area (Å²) in [7, 11) is 8.78. The molecule has 0 saturated heterocycles. The quantitative estimate of drug-likeness (QED) is 0.103. The number of rotatable bonds is 6. The van der Waals surface area contributed by atoms with Crippen molar-refractivity contribution >= 4 is 79.5 Å². The first-order valence-electron chi connectivity index (χ1n) is 13.3. The van der Waals surface area contributed by atoms with E-state index in [1.807, 2.05) is 0 Å². The molecule has 0 fully saturated rings. The van der Waals surface area contributed by atoms with Crippen molar-refractivity contribution in [3.05, 3.63) is 182 Å². The summed E-state index contributed by atoms with van der Waals surface area (Å²) in [6.07, 6.45) is 0. The molecule has 0 aliphatic carbocycles. The van der Waals surface area contributed by atoms with Crippen LogP contribution in [-0.4, -0.2) is 5.21 Å². The molecule has 0 heterocycles. The average Bonchev–Trinajstić information content (AvgIpc) is 3.10. The molecule has 229 valence electrons. The van der Waals surface area contributed by atoms with Gasteiger partial charge in [-0.15, -0.1) is 12.4 Å². The van der Waals surface area contributed by atoms with Crippen LogP contribution in [0.5, 0.6) is 0 Å². The zero-order valence-corrected chi connectivity index (χ0v) is 29.5. The van der Waals surface area contributed by atoms with Crippen molar-refractivity contribution in [1.29, 1.82) is 0 Å². The first-order chi connectivity index (χ1) is 21.3.